The molecule has 1 aliphatic heterocycles. The zero-order valence-electron chi connectivity index (χ0n) is 18.2. The molecule has 1 aromatic carbocycles. The van der Waals surface area contributed by atoms with Crippen LogP contribution in [-0.4, -0.2) is 16.7 Å². The Hall–Kier alpha value is -2.07. The first kappa shape index (κ1) is 22.2. The van der Waals surface area contributed by atoms with Gasteiger partial charge in [0.05, 0.1) is 18.5 Å². The number of thiophene rings is 1. The molecule has 0 N–H and O–H groups in total. The van der Waals surface area contributed by atoms with Crippen molar-refractivity contribution >= 4 is 11.3 Å². The third-order valence-corrected chi connectivity index (χ3v) is 5.38. The summed E-state index contributed by atoms with van der Waals surface area (Å²) in [5, 5.41) is 2.25. The van der Waals surface area contributed by atoms with Gasteiger partial charge >= 0.3 is 0 Å². The van der Waals surface area contributed by atoms with Crippen LogP contribution >= 0.6 is 11.3 Å². The first-order valence-electron chi connectivity index (χ1n) is 10.2. The van der Waals surface area contributed by atoms with Gasteiger partial charge in [0.25, 0.3) is 0 Å². The van der Waals surface area contributed by atoms with Crippen molar-refractivity contribution in [2.24, 2.45) is 0 Å². The lowest BCUT2D eigenvalue weighted by atomic mass is 10.1. The van der Waals surface area contributed by atoms with E-state index in [9.17, 15) is 0 Å². The van der Waals surface area contributed by atoms with Crippen molar-refractivity contribution in [2.75, 3.05) is 7.11 Å². The van der Waals surface area contributed by atoms with E-state index in [2.05, 4.69) is 50.6 Å². The molecule has 0 unspecified atom stereocenters. The van der Waals surface area contributed by atoms with Crippen LogP contribution in [0.15, 0.2) is 35.7 Å². The SMILES string of the molecule is CCC.COc1ccc(C)cc1.Cc1cc(-c2c(C)nc3n2CCCC3)cs1. The summed E-state index contributed by atoms with van der Waals surface area (Å²) in [4.78, 5) is 6.08. The zero-order valence-corrected chi connectivity index (χ0v) is 19.0. The molecule has 0 aliphatic carbocycles. The molecular formula is C24H34N2OS. The predicted molar refractivity (Wildman–Crippen MR) is 122 cm³/mol. The Balaban J connectivity index is 0.000000199. The molecule has 3 heterocycles. The monoisotopic (exact) mass is 398 g/mol. The number of aryl methyl sites for hydroxylation is 4. The summed E-state index contributed by atoms with van der Waals surface area (Å²) in [5.74, 6) is 2.20. The maximum atomic E-state index is 4.97. The van der Waals surface area contributed by atoms with Crippen molar-refractivity contribution in [3.63, 3.8) is 0 Å². The van der Waals surface area contributed by atoms with E-state index in [0.717, 1.165) is 18.7 Å². The highest BCUT2D eigenvalue weighted by Gasteiger charge is 2.18. The molecule has 0 atom stereocenters. The molecule has 0 bridgehead atoms. The Labute approximate surface area is 174 Å². The highest BCUT2D eigenvalue weighted by atomic mass is 32.1. The lowest BCUT2D eigenvalue weighted by molar-refractivity contribution is 0.414. The van der Waals surface area contributed by atoms with Crippen LogP contribution < -0.4 is 4.74 Å². The molecule has 152 valence electrons. The number of imidazole rings is 1. The molecule has 1 aliphatic rings. The van der Waals surface area contributed by atoms with Gasteiger partial charge in [-0.1, -0.05) is 38.0 Å². The normalized spacial score (nSPS) is 12.2. The van der Waals surface area contributed by atoms with E-state index in [1.807, 2.05) is 35.6 Å². The summed E-state index contributed by atoms with van der Waals surface area (Å²) in [5.41, 5.74) is 5.14. The fourth-order valence-electron chi connectivity index (χ4n) is 3.22. The van der Waals surface area contributed by atoms with Crippen LogP contribution in [0.1, 0.15) is 55.1 Å². The van der Waals surface area contributed by atoms with Crippen LogP contribution in [0.4, 0.5) is 0 Å². The lowest BCUT2D eigenvalue weighted by Crippen LogP contribution is -2.11. The minimum atomic E-state index is 0.917. The number of aromatic nitrogens is 2. The topological polar surface area (TPSA) is 27.1 Å². The summed E-state index contributed by atoms with van der Waals surface area (Å²) < 4.78 is 7.39. The Morgan fingerprint density at radius 3 is 2.32 bits per heavy atom. The second kappa shape index (κ2) is 11.1. The number of rotatable bonds is 2. The molecular weight excluding hydrogens is 364 g/mol. The van der Waals surface area contributed by atoms with Crippen LogP contribution in [0.3, 0.4) is 0 Å². The Morgan fingerprint density at radius 2 is 1.75 bits per heavy atom. The third kappa shape index (κ3) is 5.96. The molecule has 0 radical (unpaired) electrons. The molecule has 3 nitrogen and oxygen atoms in total. The van der Waals surface area contributed by atoms with Gasteiger partial charge in [0, 0.05) is 28.8 Å². The molecule has 4 rings (SSSR count). The Kier molecular flexibility index (Phi) is 8.78. The van der Waals surface area contributed by atoms with Crippen molar-refractivity contribution in [1.29, 1.82) is 0 Å². The van der Waals surface area contributed by atoms with Gasteiger partial charge in [0.1, 0.15) is 11.6 Å². The zero-order chi connectivity index (χ0) is 20.5. The first-order chi connectivity index (χ1) is 13.5. The van der Waals surface area contributed by atoms with E-state index < -0.39 is 0 Å². The smallest absolute Gasteiger partial charge is 0.118 e. The van der Waals surface area contributed by atoms with Crippen molar-refractivity contribution in [3.05, 3.63) is 57.7 Å². The third-order valence-electron chi connectivity index (χ3n) is 4.51. The average Bonchev–Trinajstić information content (AvgIpc) is 3.25. The molecule has 0 amide bonds. The summed E-state index contributed by atoms with van der Waals surface area (Å²) in [6.45, 7) is 11.7. The average molecular weight is 399 g/mol. The molecule has 0 saturated carbocycles. The summed E-state index contributed by atoms with van der Waals surface area (Å²) >= 11 is 1.82. The number of benzene rings is 1. The van der Waals surface area contributed by atoms with Crippen molar-refractivity contribution in [2.45, 2.75) is 66.8 Å². The van der Waals surface area contributed by atoms with Crippen LogP contribution in [-0.2, 0) is 13.0 Å². The molecule has 0 saturated heterocycles. The number of methoxy groups -OCH3 is 1. The van der Waals surface area contributed by atoms with Crippen molar-refractivity contribution in [3.8, 4) is 17.0 Å². The van der Waals surface area contributed by atoms with Gasteiger partial charge in [-0.3, -0.25) is 0 Å². The van der Waals surface area contributed by atoms with E-state index in [0.29, 0.717) is 0 Å². The number of hydrogen-bond donors (Lipinski definition) is 0. The number of fused-ring (bicyclic) bond motifs is 1. The molecule has 4 heteroatoms. The van der Waals surface area contributed by atoms with Crippen LogP contribution in [0.5, 0.6) is 5.75 Å². The number of ether oxygens (including phenoxy) is 1. The van der Waals surface area contributed by atoms with Gasteiger partial charge in [0.2, 0.25) is 0 Å². The highest BCUT2D eigenvalue weighted by Crippen LogP contribution is 2.31. The summed E-state index contributed by atoms with van der Waals surface area (Å²) in [6.07, 6.45) is 4.97. The fraction of sp³-hybridized carbons (Fsp3) is 0.458. The quantitative estimate of drug-likeness (QED) is 0.465. The number of hydrogen-bond acceptors (Lipinski definition) is 3. The molecule has 0 spiro atoms. The van der Waals surface area contributed by atoms with Gasteiger partial charge in [-0.05, 0) is 51.8 Å². The first-order valence-corrected chi connectivity index (χ1v) is 11.1. The van der Waals surface area contributed by atoms with E-state index in [1.54, 1.807) is 7.11 Å². The minimum absolute atomic E-state index is 0.917. The van der Waals surface area contributed by atoms with Gasteiger partial charge in [0.15, 0.2) is 0 Å². The van der Waals surface area contributed by atoms with Crippen LogP contribution in [0.2, 0.25) is 0 Å². The second-order valence-electron chi connectivity index (χ2n) is 7.24. The molecule has 2 aromatic heterocycles. The van der Waals surface area contributed by atoms with Crippen LogP contribution in [0, 0.1) is 20.8 Å². The fourth-order valence-corrected chi connectivity index (χ4v) is 3.91. The Bertz CT molecular complexity index is 846. The van der Waals surface area contributed by atoms with E-state index >= 15 is 0 Å². The van der Waals surface area contributed by atoms with Gasteiger partial charge < -0.3 is 9.30 Å². The molecule has 3 aromatic rings. The second-order valence-corrected chi connectivity index (χ2v) is 8.36. The van der Waals surface area contributed by atoms with Gasteiger partial charge in [-0.25, -0.2) is 4.98 Å². The highest BCUT2D eigenvalue weighted by molar-refractivity contribution is 7.10. The van der Waals surface area contributed by atoms with Crippen molar-refractivity contribution < 1.29 is 4.74 Å². The van der Waals surface area contributed by atoms with E-state index in [-0.39, 0.29) is 0 Å². The summed E-state index contributed by atoms with van der Waals surface area (Å²) in [7, 11) is 1.67. The standard InChI is InChI=1S/C13H16N2S.C8H10O.C3H8/c1-9-7-11(8-16-9)13-10(2)14-12-5-3-4-6-15(12)13;1-7-3-5-8(9-2)6-4-7;1-3-2/h7-8H,3-6H2,1-2H3;3-6H,1-2H3;3H2,1-2H3. The van der Waals surface area contributed by atoms with Crippen molar-refractivity contribution in [1.82, 2.24) is 9.55 Å². The van der Waals surface area contributed by atoms with Crippen LogP contribution in [0.25, 0.3) is 11.3 Å². The Morgan fingerprint density at radius 1 is 1.07 bits per heavy atom. The summed E-state index contributed by atoms with van der Waals surface area (Å²) in [6, 6.07) is 10.2. The van der Waals surface area contributed by atoms with Gasteiger partial charge in [-0.2, -0.15) is 0 Å². The molecule has 28 heavy (non-hydrogen) atoms. The minimum Gasteiger partial charge on any atom is -0.497 e. The maximum absolute atomic E-state index is 4.97. The number of nitrogens with zero attached hydrogens (tertiary/aromatic N) is 2. The lowest BCUT2D eigenvalue weighted by Gasteiger charge is -2.15. The van der Waals surface area contributed by atoms with E-state index in [1.165, 1.54) is 52.5 Å². The van der Waals surface area contributed by atoms with E-state index in [4.69, 9.17) is 9.72 Å². The largest absolute Gasteiger partial charge is 0.497 e. The maximum Gasteiger partial charge on any atom is 0.118 e. The van der Waals surface area contributed by atoms with Gasteiger partial charge in [-0.15, -0.1) is 11.3 Å². The predicted octanol–water partition coefficient (Wildman–Crippen LogP) is 6.98. The molecule has 0 fully saturated rings.